The van der Waals surface area contributed by atoms with E-state index in [1.807, 2.05) is 0 Å². The van der Waals surface area contributed by atoms with Crippen LogP contribution >= 0.6 is 0 Å². The highest BCUT2D eigenvalue weighted by molar-refractivity contribution is 7.94. The Morgan fingerprint density at radius 1 is 1.07 bits per heavy atom. The van der Waals surface area contributed by atoms with Gasteiger partial charge in [-0.3, -0.25) is 9.11 Å². The van der Waals surface area contributed by atoms with Gasteiger partial charge in [0.15, 0.2) is 6.29 Å². The van der Waals surface area contributed by atoms with Crippen LogP contribution in [-0.4, -0.2) is 42.4 Å². The summed E-state index contributed by atoms with van der Waals surface area (Å²) >= 11 is 0. The molecule has 9 nitrogen and oxygen atoms in total. The summed E-state index contributed by atoms with van der Waals surface area (Å²) in [5.74, 6) is 0. The largest absolute Gasteiger partial charge is 0.413 e. The summed E-state index contributed by atoms with van der Waals surface area (Å²) in [5.41, 5.74) is 0. The van der Waals surface area contributed by atoms with Crippen LogP contribution < -0.4 is 0 Å². The van der Waals surface area contributed by atoms with Gasteiger partial charge >= 0.3 is 20.8 Å². The molecule has 0 fully saturated rings. The molecule has 0 heterocycles. The van der Waals surface area contributed by atoms with Crippen LogP contribution in [0.1, 0.15) is 13.3 Å². The average Bonchev–Trinajstić information content (AvgIpc) is 1.80. The Hall–Kier alpha value is -0.300. The molecule has 0 aromatic rings. The fourth-order valence-corrected chi connectivity index (χ4v) is 0.978. The van der Waals surface area contributed by atoms with Crippen molar-refractivity contribution >= 4 is 20.8 Å². The van der Waals surface area contributed by atoms with E-state index < -0.39 is 27.1 Å². The lowest BCUT2D eigenvalue weighted by Crippen LogP contribution is -2.10. The van der Waals surface area contributed by atoms with Gasteiger partial charge in [0.25, 0.3) is 0 Å². The van der Waals surface area contributed by atoms with Crippen molar-refractivity contribution in [3.63, 3.8) is 0 Å². The lowest BCUT2D eigenvalue weighted by molar-refractivity contribution is -0.0413. The lowest BCUT2D eigenvalue weighted by atomic mass is 10.5. The van der Waals surface area contributed by atoms with Crippen LogP contribution in [0.5, 0.6) is 0 Å². The summed E-state index contributed by atoms with van der Waals surface area (Å²) in [6.45, 7) is 1.70. The second-order valence-electron chi connectivity index (χ2n) is 1.81. The molecule has 0 aliphatic heterocycles. The Morgan fingerprint density at radius 3 is 1.29 bits per heavy atom. The third kappa shape index (κ3) is 22.6. The molecule has 14 heavy (non-hydrogen) atoms. The summed E-state index contributed by atoms with van der Waals surface area (Å²) in [5, 5.41) is 15.8. The highest BCUT2D eigenvalue weighted by Gasteiger charge is 2.15. The fraction of sp³-hybridized carbons (Fsp3) is 1.00. The molecule has 0 rings (SSSR count). The number of aliphatic hydroxyl groups excluding tert-OH is 1. The van der Waals surface area contributed by atoms with Gasteiger partial charge < -0.3 is 10.2 Å². The monoisotopic (exact) mass is 254 g/mol. The maximum atomic E-state index is 9.44. The number of hydrogen-bond acceptors (Lipinski definition) is 7. The molecule has 0 aromatic heterocycles. The highest BCUT2D eigenvalue weighted by Crippen LogP contribution is 1.91. The van der Waals surface area contributed by atoms with Gasteiger partial charge in [-0.2, -0.15) is 16.8 Å². The number of aliphatic hydroxyl groups is 2. The summed E-state index contributed by atoms with van der Waals surface area (Å²) in [6, 6.07) is 0. The van der Waals surface area contributed by atoms with Crippen molar-refractivity contribution in [2.45, 2.75) is 19.6 Å². The highest BCUT2D eigenvalue weighted by atomic mass is 32.3. The molecule has 0 unspecified atom stereocenters. The summed E-state index contributed by atoms with van der Waals surface area (Å²) in [7, 11) is -10.2. The van der Waals surface area contributed by atoms with Crippen LogP contribution in [0, 0.1) is 0 Å². The first-order chi connectivity index (χ1) is 5.98. The molecule has 0 bridgehead atoms. The second-order valence-corrected chi connectivity index (χ2v) is 4.07. The molecule has 4 N–H and O–H groups in total. The summed E-state index contributed by atoms with van der Waals surface area (Å²) in [4.78, 5) is 0. The van der Waals surface area contributed by atoms with Gasteiger partial charge in [-0.1, -0.05) is 6.92 Å². The third-order valence-corrected chi connectivity index (χ3v) is 1.91. The minimum atomic E-state index is -5.12. The average molecular weight is 254 g/mol. The van der Waals surface area contributed by atoms with E-state index in [4.69, 9.17) is 19.3 Å². The van der Waals surface area contributed by atoms with Crippen molar-refractivity contribution in [2.24, 2.45) is 0 Å². The van der Waals surface area contributed by atoms with Crippen molar-refractivity contribution in [1.29, 1.82) is 0 Å². The van der Waals surface area contributed by atoms with Gasteiger partial charge in [0.1, 0.15) is 0 Å². The van der Waals surface area contributed by atoms with Gasteiger partial charge in [-0.25, -0.2) is 0 Å². The van der Waals surface area contributed by atoms with Crippen LogP contribution in [0.15, 0.2) is 0 Å². The van der Waals surface area contributed by atoms with Gasteiger partial charge in [0, 0.05) is 0 Å². The van der Waals surface area contributed by atoms with E-state index in [0.29, 0.717) is 6.42 Å². The van der Waals surface area contributed by atoms with Crippen LogP contribution in [0.25, 0.3) is 0 Å². The molecule has 0 aliphatic rings. The predicted octanol–water partition coefficient (Wildman–Crippen LogP) is -1.68. The SMILES string of the molecule is CCC(O)O.O=S(=O)(O)OS(=O)(=O)O. The van der Waals surface area contributed by atoms with Crippen molar-refractivity contribution in [2.75, 3.05) is 0 Å². The summed E-state index contributed by atoms with van der Waals surface area (Å²) in [6.07, 6.45) is -0.699. The molecule has 0 saturated carbocycles. The second kappa shape index (κ2) is 6.23. The Balaban J connectivity index is 0. The molecule has 0 spiro atoms. The predicted molar refractivity (Wildman–Crippen MR) is 42.7 cm³/mol. The maximum absolute atomic E-state index is 9.44. The molecule has 0 amide bonds. The zero-order valence-electron chi connectivity index (χ0n) is 6.93. The third-order valence-electron chi connectivity index (χ3n) is 0.537. The van der Waals surface area contributed by atoms with E-state index in [9.17, 15) is 16.8 Å². The maximum Gasteiger partial charge on any atom is 0.413 e. The lowest BCUT2D eigenvalue weighted by Gasteiger charge is -1.90. The molecule has 0 saturated heterocycles. The Morgan fingerprint density at radius 2 is 1.29 bits per heavy atom. The van der Waals surface area contributed by atoms with E-state index >= 15 is 0 Å². The van der Waals surface area contributed by atoms with Crippen molar-refractivity contribution < 1.29 is 39.8 Å². The molecule has 0 radical (unpaired) electrons. The van der Waals surface area contributed by atoms with E-state index in [1.165, 1.54) is 0 Å². The fourth-order valence-electron chi connectivity index (χ4n) is 0.109. The Labute approximate surface area is 80.9 Å². The van der Waals surface area contributed by atoms with Crippen LogP contribution in [0.2, 0.25) is 0 Å². The first kappa shape index (κ1) is 16.1. The normalized spacial score (nSPS) is 12.1. The quantitative estimate of drug-likeness (QED) is 0.340. The smallest absolute Gasteiger partial charge is 0.368 e. The number of hydrogen-bond donors (Lipinski definition) is 4. The first-order valence-electron chi connectivity index (χ1n) is 3.00. The standard InChI is InChI=1S/C3H8O2.H2O7S2/c1-2-3(4)5;1-8(2,3)7-9(4,5)6/h3-5H,2H2,1H3;(H,1,2,3)(H,4,5,6). The molecule has 11 heteroatoms. The minimum absolute atomic E-state index is 0.417. The molecule has 0 aliphatic carbocycles. The van der Waals surface area contributed by atoms with E-state index in [-0.39, 0.29) is 0 Å². The van der Waals surface area contributed by atoms with Crippen LogP contribution in [0.3, 0.4) is 0 Å². The first-order valence-corrected chi connectivity index (χ1v) is 5.73. The molecule has 88 valence electrons. The Bertz CT molecular complexity index is 293. The minimum Gasteiger partial charge on any atom is -0.368 e. The zero-order valence-corrected chi connectivity index (χ0v) is 8.56. The summed E-state index contributed by atoms with van der Waals surface area (Å²) < 4.78 is 55.6. The van der Waals surface area contributed by atoms with Gasteiger partial charge in [0.05, 0.1) is 0 Å². The van der Waals surface area contributed by atoms with Crippen molar-refractivity contribution in [1.82, 2.24) is 0 Å². The molecular formula is C3H10O9S2. The number of rotatable bonds is 3. The van der Waals surface area contributed by atoms with Gasteiger partial charge in [-0.15, -0.1) is 3.63 Å². The van der Waals surface area contributed by atoms with E-state index in [0.717, 1.165) is 0 Å². The van der Waals surface area contributed by atoms with Crippen molar-refractivity contribution in [3.8, 4) is 0 Å². The zero-order chi connectivity index (χ0) is 12.0. The van der Waals surface area contributed by atoms with Crippen molar-refractivity contribution in [3.05, 3.63) is 0 Å². The van der Waals surface area contributed by atoms with Gasteiger partial charge in [-0.05, 0) is 6.42 Å². The molecule has 0 atom stereocenters. The topological polar surface area (TPSA) is 158 Å². The molecule has 0 aromatic carbocycles. The van der Waals surface area contributed by atoms with E-state index in [1.54, 1.807) is 6.92 Å². The Kier molecular flexibility index (Phi) is 7.19. The van der Waals surface area contributed by atoms with Crippen LogP contribution in [0.4, 0.5) is 0 Å². The van der Waals surface area contributed by atoms with E-state index in [2.05, 4.69) is 3.63 Å². The van der Waals surface area contributed by atoms with Gasteiger partial charge in [0.2, 0.25) is 0 Å². The molecular weight excluding hydrogens is 244 g/mol. The van der Waals surface area contributed by atoms with Crippen LogP contribution in [-0.2, 0) is 24.4 Å².